The molecule has 0 unspecified atom stereocenters. The summed E-state index contributed by atoms with van der Waals surface area (Å²) in [7, 11) is 0. The fourth-order valence-corrected chi connectivity index (χ4v) is 8.87. The number of benzene rings is 3. The summed E-state index contributed by atoms with van der Waals surface area (Å²) in [5.74, 6) is -2.93. The Morgan fingerprint density at radius 2 is 1.07 bits per heavy atom. The highest BCUT2D eigenvalue weighted by Crippen LogP contribution is 2.27. The van der Waals surface area contributed by atoms with Gasteiger partial charge in [0, 0.05) is 13.1 Å². The molecule has 0 aromatic heterocycles. The maximum absolute atomic E-state index is 13.8. The van der Waals surface area contributed by atoms with E-state index in [1.54, 1.807) is 4.90 Å². The van der Waals surface area contributed by atoms with Gasteiger partial charge in [0.25, 0.3) is 0 Å². The van der Waals surface area contributed by atoms with Gasteiger partial charge in [-0.15, -0.1) is 0 Å². The fourth-order valence-electron chi connectivity index (χ4n) is 8.87. The first kappa shape index (κ1) is 42.6. The van der Waals surface area contributed by atoms with Gasteiger partial charge in [-0.05, 0) is 142 Å². The number of carbonyl (C=O) groups is 4. The van der Waals surface area contributed by atoms with Gasteiger partial charge in [0.15, 0.2) is 0 Å². The fraction of sp³-hybridized carbons (Fsp3) is 0.511. The van der Waals surface area contributed by atoms with Gasteiger partial charge >= 0.3 is 23.9 Å². The highest BCUT2D eigenvalue weighted by molar-refractivity contribution is 5.74. The second-order valence-corrected chi connectivity index (χ2v) is 16.2. The molecule has 0 radical (unpaired) electrons. The number of nitrogens with zero attached hydrogens (tertiary/aromatic N) is 1. The molecule has 58 heavy (non-hydrogen) atoms. The summed E-state index contributed by atoms with van der Waals surface area (Å²) < 4.78 is 6.16. The molecule has 0 aliphatic carbocycles. The van der Waals surface area contributed by atoms with Crippen molar-refractivity contribution in [2.24, 2.45) is 35.5 Å². The predicted octanol–water partition coefficient (Wildman–Crippen LogP) is 4.08. The van der Waals surface area contributed by atoms with Gasteiger partial charge in [-0.3, -0.25) is 14.4 Å². The molecule has 3 aliphatic rings. The molecule has 3 aromatic carbocycles. The number of hydrogen-bond donors (Lipinski definition) is 7. The summed E-state index contributed by atoms with van der Waals surface area (Å²) in [5, 5.41) is 42.8. The molecule has 0 saturated carbocycles. The largest absolute Gasteiger partial charge is 0.492 e. The molecule has 3 aromatic rings. The van der Waals surface area contributed by atoms with Crippen molar-refractivity contribution in [3.05, 3.63) is 101 Å². The second kappa shape index (κ2) is 21.1. The van der Waals surface area contributed by atoms with Crippen LogP contribution in [-0.4, -0.2) is 103 Å². The summed E-state index contributed by atoms with van der Waals surface area (Å²) in [4.78, 5) is 52.0. The van der Waals surface area contributed by atoms with Crippen LogP contribution in [0.1, 0.15) is 47.1 Å². The number of ether oxygens (including phenoxy) is 1. The summed E-state index contributed by atoms with van der Waals surface area (Å²) in [6.07, 6.45) is 4.35. The standard InChI is InChI=1S/C45H59N5O8/c51-42(52)39(35-10-14-46-27-35)23-31-5-1-4-30(20-31)13-17-50(18-19-58-38-9-3-7-33(22-38)25-41(44(55)56)37-12-16-48-29-37)45(57)49-26-34-8-2-6-32(21-34)24-40(43(53)54)36-11-15-47-28-36/h1-9,20-22,35-37,39-41,46-48H,10-19,23-29H2,(H,49,57)(H,51,52)(H,53,54)(H,55,56)/t35-,36-,37-,39-,40-,41-/m0/s1. The summed E-state index contributed by atoms with van der Waals surface area (Å²) in [6, 6.07) is 22.9. The van der Waals surface area contributed by atoms with E-state index in [0.717, 1.165) is 66.7 Å². The van der Waals surface area contributed by atoms with Crippen molar-refractivity contribution in [3.8, 4) is 5.75 Å². The van der Waals surface area contributed by atoms with Crippen molar-refractivity contribution < 1.29 is 39.2 Å². The van der Waals surface area contributed by atoms with E-state index in [9.17, 15) is 34.5 Å². The predicted molar refractivity (Wildman–Crippen MR) is 220 cm³/mol. The molecule has 3 fully saturated rings. The summed E-state index contributed by atoms with van der Waals surface area (Å²) in [6.45, 7) is 5.74. The molecular formula is C45H59N5O8. The van der Waals surface area contributed by atoms with E-state index < -0.39 is 35.7 Å². The third-order valence-electron chi connectivity index (χ3n) is 12.2. The molecule has 2 amide bonds. The Hall–Kier alpha value is -4.98. The lowest BCUT2D eigenvalue weighted by molar-refractivity contribution is -0.144. The number of rotatable bonds is 21. The van der Waals surface area contributed by atoms with Gasteiger partial charge in [-0.2, -0.15) is 0 Å². The molecule has 312 valence electrons. The van der Waals surface area contributed by atoms with E-state index >= 15 is 0 Å². The molecular weight excluding hydrogens is 739 g/mol. The monoisotopic (exact) mass is 797 g/mol. The van der Waals surface area contributed by atoms with E-state index in [4.69, 9.17) is 4.74 Å². The maximum atomic E-state index is 13.8. The first-order valence-corrected chi connectivity index (χ1v) is 20.8. The third kappa shape index (κ3) is 12.3. The molecule has 0 bridgehead atoms. The van der Waals surface area contributed by atoms with Crippen molar-refractivity contribution in [1.82, 2.24) is 26.2 Å². The smallest absolute Gasteiger partial charge is 0.317 e. The van der Waals surface area contributed by atoms with Crippen LogP contribution in [0.25, 0.3) is 0 Å². The van der Waals surface area contributed by atoms with Gasteiger partial charge in [0.05, 0.1) is 24.3 Å². The number of carboxylic acids is 3. The number of aliphatic carboxylic acids is 3. The molecule has 6 rings (SSSR count). The lowest BCUT2D eigenvalue weighted by Crippen LogP contribution is -2.42. The van der Waals surface area contributed by atoms with Crippen molar-refractivity contribution in [2.45, 2.75) is 51.5 Å². The number of carboxylic acid groups (broad SMARTS) is 3. The van der Waals surface area contributed by atoms with Crippen LogP contribution in [0.4, 0.5) is 4.79 Å². The SMILES string of the molecule is O=C(O)[C@@H](Cc1cccc(CCN(CCOc2cccc(C[C@H](C(=O)O)[C@H]3CCNC3)c2)C(=O)NCc2cccc(C[C@H](C(=O)O)[C@H]3CCNC3)c2)c1)[C@H]1CCNC1. The Balaban J connectivity index is 1.10. The molecule has 0 spiro atoms. The average Bonchev–Trinajstić information content (AvgIpc) is 4.04. The van der Waals surface area contributed by atoms with Gasteiger partial charge in [0.2, 0.25) is 0 Å². The number of amides is 2. The molecule has 3 aliphatic heterocycles. The Morgan fingerprint density at radius 3 is 1.55 bits per heavy atom. The minimum Gasteiger partial charge on any atom is -0.492 e. The van der Waals surface area contributed by atoms with Gasteiger partial charge < -0.3 is 46.2 Å². The molecule has 13 nitrogen and oxygen atoms in total. The van der Waals surface area contributed by atoms with E-state index in [2.05, 4.69) is 21.3 Å². The van der Waals surface area contributed by atoms with E-state index in [1.165, 1.54) is 0 Å². The summed E-state index contributed by atoms with van der Waals surface area (Å²) in [5.41, 5.74) is 4.64. The first-order chi connectivity index (χ1) is 28.1. The van der Waals surface area contributed by atoms with Crippen molar-refractivity contribution in [2.75, 3.05) is 59.0 Å². The summed E-state index contributed by atoms with van der Waals surface area (Å²) >= 11 is 0. The minimum absolute atomic E-state index is 0.0802. The van der Waals surface area contributed by atoms with Crippen LogP contribution in [0.3, 0.4) is 0 Å². The zero-order valence-electron chi connectivity index (χ0n) is 33.2. The lowest BCUT2D eigenvalue weighted by atomic mass is 9.86. The van der Waals surface area contributed by atoms with Crippen LogP contribution < -0.4 is 26.0 Å². The minimum atomic E-state index is -0.794. The third-order valence-corrected chi connectivity index (χ3v) is 12.2. The Kier molecular flexibility index (Phi) is 15.5. The van der Waals surface area contributed by atoms with Crippen LogP contribution in [0.15, 0.2) is 72.8 Å². The number of nitrogens with one attached hydrogen (secondary N) is 4. The zero-order chi connectivity index (χ0) is 40.9. The molecule has 3 heterocycles. The normalized spacial score (nSPS) is 20.6. The highest BCUT2D eigenvalue weighted by atomic mass is 16.5. The van der Waals surface area contributed by atoms with Crippen LogP contribution in [0.5, 0.6) is 5.75 Å². The first-order valence-electron chi connectivity index (χ1n) is 20.8. The van der Waals surface area contributed by atoms with E-state index in [1.807, 2.05) is 72.8 Å². The molecule has 3 saturated heterocycles. The second-order valence-electron chi connectivity index (χ2n) is 16.2. The molecule has 7 N–H and O–H groups in total. The van der Waals surface area contributed by atoms with Crippen molar-refractivity contribution >= 4 is 23.9 Å². The number of carbonyl (C=O) groups excluding carboxylic acids is 1. The van der Waals surface area contributed by atoms with Crippen LogP contribution in [0, 0.1) is 35.5 Å². The van der Waals surface area contributed by atoms with Crippen LogP contribution in [0.2, 0.25) is 0 Å². The maximum Gasteiger partial charge on any atom is 0.317 e. The van der Waals surface area contributed by atoms with Crippen LogP contribution >= 0.6 is 0 Å². The average molecular weight is 798 g/mol. The van der Waals surface area contributed by atoms with Crippen molar-refractivity contribution in [3.63, 3.8) is 0 Å². The van der Waals surface area contributed by atoms with Gasteiger partial charge in [-0.1, -0.05) is 60.7 Å². The number of hydrogen-bond acceptors (Lipinski definition) is 8. The molecule has 6 atom stereocenters. The lowest BCUT2D eigenvalue weighted by Gasteiger charge is -2.24. The van der Waals surface area contributed by atoms with Gasteiger partial charge in [0.1, 0.15) is 12.4 Å². The molecule has 13 heteroatoms. The Morgan fingerprint density at radius 1 is 0.621 bits per heavy atom. The number of urea groups is 1. The van der Waals surface area contributed by atoms with E-state index in [0.29, 0.717) is 57.6 Å². The zero-order valence-corrected chi connectivity index (χ0v) is 33.2. The van der Waals surface area contributed by atoms with Gasteiger partial charge in [-0.25, -0.2) is 4.79 Å². The van der Waals surface area contributed by atoms with Crippen molar-refractivity contribution in [1.29, 1.82) is 0 Å². The Labute approximate surface area is 340 Å². The highest BCUT2D eigenvalue weighted by Gasteiger charge is 2.33. The topological polar surface area (TPSA) is 190 Å². The van der Waals surface area contributed by atoms with E-state index in [-0.39, 0.29) is 43.5 Å². The van der Waals surface area contributed by atoms with Crippen LogP contribution in [-0.2, 0) is 46.6 Å². The Bertz CT molecular complexity index is 1840. The quantitative estimate of drug-likeness (QED) is 0.0823.